The standard InChI is InChI=1S/C15H12N2O4/c1-20-15(19)10-4-5-12-13(7-10)16-9-17(14(12)18)8-11-3-2-6-21-11/h2-7,9H,8H2,1H3. The van der Waals surface area contributed by atoms with E-state index in [1.807, 2.05) is 0 Å². The van der Waals surface area contributed by atoms with Crippen LogP contribution in [0.5, 0.6) is 0 Å². The van der Waals surface area contributed by atoms with Gasteiger partial charge in [-0.15, -0.1) is 0 Å². The van der Waals surface area contributed by atoms with Gasteiger partial charge in [-0.2, -0.15) is 0 Å². The molecule has 0 atom stereocenters. The molecule has 0 bridgehead atoms. The minimum absolute atomic E-state index is 0.187. The van der Waals surface area contributed by atoms with Crippen LogP contribution in [0.2, 0.25) is 0 Å². The van der Waals surface area contributed by atoms with Gasteiger partial charge in [0, 0.05) is 0 Å². The summed E-state index contributed by atoms with van der Waals surface area (Å²) >= 11 is 0. The predicted octanol–water partition coefficient (Wildman–Crippen LogP) is 1.82. The molecule has 0 fully saturated rings. The number of hydrogen-bond acceptors (Lipinski definition) is 5. The predicted molar refractivity (Wildman–Crippen MR) is 75.2 cm³/mol. The number of methoxy groups -OCH3 is 1. The molecule has 3 aromatic rings. The lowest BCUT2D eigenvalue weighted by Crippen LogP contribution is -2.21. The summed E-state index contributed by atoms with van der Waals surface area (Å²) in [7, 11) is 1.31. The Kier molecular flexibility index (Phi) is 3.27. The van der Waals surface area contributed by atoms with Gasteiger partial charge in [0.05, 0.1) is 42.7 Å². The van der Waals surface area contributed by atoms with Crippen molar-refractivity contribution < 1.29 is 13.9 Å². The molecule has 0 spiro atoms. The molecular formula is C15H12N2O4. The Bertz CT molecular complexity index is 850. The first-order valence-electron chi connectivity index (χ1n) is 6.29. The Labute approximate surface area is 119 Å². The molecule has 2 aromatic heterocycles. The summed E-state index contributed by atoms with van der Waals surface area (Å²) < 4.78 is 11.3. The van der Waals surface area contributed by atoms with Gasteiger partial charge in [-0.25, -0.2) is 9.78 Å². The summed E-state index contributed by atoms with van der Waals surface area (Å²) in [5.74, 6) is 0.211. The number of carbonyl (C=O) groups is 1. The van der Waals surface area contributed by atoms with E-state index < -0.39 is 5.97 Å². The van der Waals surface area contributed by atoms with Gasteiger partial charge < -0.3 is 9.15 Å². The van der Waals surface area contributed by atoms with Crippen LogP contribution in [-0.4, -0.2) is 22.6 Å². The van der Waals surface area contributed by atoms with Crippen molar-refractivity contribution >= 4 is 16.9 Å². The number of aromatic nitrogens is 2. The maximum atomic E-state index is 12.4. The number of ether oxygens (including phenoxy) is 1. The van der Waals surface area contributed by atoms with Gasteiger partial charge in [-0.3, -0.25) is 9.36 Å². The normalized spacial score (nSPS) is 10.7. The molecule has 0 aliphatic heterocycles. The Hall–Kier alpha value is -2.89. The third-order valence-corrected chi connectivity index (χ3v) is 3.15. The Morgan fingerprint density at radius 1 is 1.38 bits per heavy atom. The molecule has 3 rings (SSSR count). The molecule has 0 saturated heterocycles. The second kappa shape index (κ2) is 5.24. The average Bonchev–Trinajstić information content (AvgIpc) is 3.02. The van der Waals surface area contributed by atoms with Crippen LogP contribution >= 0.6 is 0 Å². The van der Waals surface area contributed by atoms with Crippen molar-refractivity contribution in [3.05, 3.63) is 64.6 Å². The highest BCUT2D eigenvalue weighted by Gasteiger charge is 2.10. The van der Waals surface area contributed by atoms with Crippen molar-refractivity contribution in [1.82, 2.24) is 9.55 Å². The summed E-state index contributed by atoms with van der Waals surface area (Å²) in [6.45, 7) is 0.313. The second-order valence-corrected chi connectivity index (χ2v) is 4.48. The van der Waals surface area contributed by atoms with Crippen LogP contribution in [0.1, 0.15) is 16.1 Å². The van der Waals surface area contributed by atoms with Crippen molar-refractivity contribution in [1.29, 1.82) is 0 Å². The molecule has 0 N–H and O–H groups in total. The molecule has 0 aliphatic rings. The van der Waals surface area contributed by atoms with Crippen LogP contribution in [-0.2, 0) is 11.3 Å². The zero-order valence-electron chi connectivity index (χ0n) is 11.3. The number of fused-ring (bicyclic) bond motifs is 1. The van der Waals surface area contributed by atoms with Crippen LogP contribution in [0.3, 0.4) is 0 Å². The highest BCUT2D eigenvalue weighted by Crippen LogP contribution is 2.11. The number of hydrogen-bond donors (Lipinski definition) is 0. The number of nitrogens with zero attached hydrogens (tertiary/aromatic N) is 2. The largest absolute Gasteiger partial charge is 0.467 e. The molecule has 0 aliphatic carbocycles. The Morgan fingerprint density at radius 2 is 2.24 bits per heavy atom. The van der Waals surface area contributed by atoms with E-state index in [1.54, 1.807) is 36.6 Å². The Morgan fingerprint density at radius 3 is 2.95 bits per heavy atom. The molecular weight excluding hydrogens is 272 g/mol. The van der Waals surface area contributed by atoms with Crippen LogP contribution in [0.4, 0.5) is 0 Å². The van der Waals surface area contributed by atoms with Crippen LogP contribution in [0, 0.1) is 0 Å². The fourth-order valence-corrected chi connectivity index (χ4v) is 2.09. The first kappa shape index (κ1) is 13.1. The van der Waals surface area contributed by atoms with E-state index in [2.05, 4.69) is 9.72 Å². The first-order valence-corrected chi connectivity index (χ1v) is 6.29. The fourth-order valence-electron chi connectivity index (χ4n) is 2.09. The summed E-state index contributed by atoms with van der Waals surface area (Å²) in [5.41, 5.74) is 0.632. The zero-order chi connectivity index (χ0) is 14.8. The van der Waals surface area contributed by atoms with Crippen molar-refractivity contribution in [2.45, 2.75) is 6.54 Å². The van der Waals surface area contributed by atoms with Gasteiger partial charge >= 0.3 is 5.97 Å². The topological polar surface area (TPSA) is 74.3 Å². The van der Waals surface area contributed by atoms with Gasteiger partial charge in [-0.05, 0) is 30.3 Å². The molecule has 6 nitrogen and oxygen atoms in total. The number of rotatable bonds is 3. The lowest BCUT2D eigenvalue weighted by molar-refractivity contribution is 0.0601. The highest BCUT2D eigenvalue weighted by atomic mass is 16.5. The third-order valence-electron chi connectivity index (χ3n) is 3.15. The van der Waals surface area contributed by atoms with Gasteiger partial charge in [-0.1, -0.05) is 0 Å². The number of benzene rings is 1. The van der Waals surface area contributed by atoms with E-state index in [9.17, 15) is 9.59 Å². The minimum atomic E-state index is -0.460. The van der Waals surface area contributed by atoms with Gasteiger partial charge in [0.25, 0.3) is 5.56 Å². The van der Waals surface area contributed by atoms with Crippen LogP contribution in [0.25, 0.3) is 10.9 Å². The summed E-state index contributed by atoms with van der Waals surface area (Å²) in [6, 6.07) is 8.22. The number of carbonyl (C=O) groups excluding carboxylic acids is 1. The molecule has 0 amide bonds. The van der Waals surface area contributed by atoms with E-state index in [0.717, 1.165) is 0 Å². The molecule has 0 radical (unpaired) electrons. The quantitative estimate of drug-likeness (QED) is 0.686. The molecule has 0 saturated carbocycles. The SMILES string of the molecule is COC(=O)c1ccc2c(=O)n(Cc3ccco3)cnc2c1. The molecule has 6 heteroatoms. The third kappa shape index (κ3) is 2.43. The molecule has 0 unspecified atom stereocenters. The average molecular weight is 284 g/mol. The molecule has 1 aromatic carbocycles. The summed E-state index contributed by atoms with van der Waals surface area (Å²) in [6.07, 6.45) is 2.99. The van der Waals surface area contributed by atoms with E-state index in [0.29, 0.717) is 28.8 Å². The maximum Gasteiger partial charge on any atom is 0.337 e. The van der Waals surface area contributed by atoms with Crippen molar-refractivity contribution in [2.24, 2.45) is 0 Å². The highest BCUT2D eigenvalue weighted by molar-refractivity contribution is 5.93. The first-order chi connectivity index (χ1) is 10.2. The van der Waals surface area contributed by atoms with Crippen molar-refractivity contribution in [2.75, 3.05) is 7.11 Å². The summed E-state index contributed by atoms with van der Waals surface area (Å²) in [5, 5.41) is 0.441. The van der Waals surface area contributed by atoms with Gasteiger partial charge in [0.1, 0.15) is 5.76 Å². The van der Waals surface area contributed by atoms with E-state index in [4.69, 9.17) is 4.42 Å². The lowest BCUT2D eigenvalue weighted by atomic mass is 10.1. The van der Waals surface area contributed by atoms with Crippen molar-refractivity contribution in [3.8, 4) is 0 Å². The molecule has 21 heavy (non-hydrogen) atoms. The van der Waals surface area contributed by atoms with E-state index in [-0.39, 0.29) is 5.56 Å². The second-order valence-electron chi connectivity index (χ2n) is 4.48. The van der Waals surface area contributed by atoms with Crippen LogP contribution in [0.15, 0.2) is 52.1 Å². The smallest absolute Gasteiger partial charge is 0.337 e. The minimum Gasteiger partial charge on any atom is -0.467 e. The molecule has 106 valence electrons. The summed E-state index contributed by atoms with van der Waals surface area (Å²) in [4.78, 5) is 28.1. The Balaban J connectivity index is 2.05. The zero-order valence-corrected chi connectivity index (χ0v) is 11.3. The van der Waals surface area contributed by atoms with E-state index in [1.165, 1.54) is 18.0 Å². The van der Waals surface area contributed by atoms with Crippen molar-refractivity contribution in [3.63, 3.8) is 0 Å². The lowest BCUT2D eigenvalue weighted by Gasteiger charge is -2.05. The van der Waals surface area contributed by atoms with Gasteiger partial charge in [0.2, 0.25) is 0 Å². The molecule has 2 heterocycles. The monoisotopic (exact) mass is 284 g/mol. The van der Waals surface area contributed by atoms with E-state index >= 15 is 0 Å². The number of esters is 1. The van der Waals surface area contributed by atoms with Gasteiger partial charge in [0.15, 0.2) is 0 Å². The maximum absolute atomic E-state index is 12.4. The number of furan rings is 1. The fraction of sp³-hybridized carbons (Fsp3) is 0.133. The van der Waals surface area contributed by atoms with Crippen LogP contribution < -0.4 is 5.56 Å².